The molecule has 3 aliphatic carbocycles. The van der Waals surface area contributed by atoms with E-state index in [1.165, 1.54) is 0 Å². The maximum Gasteiger partial charge on any atom is 0.167 e. The lowest BCUT2D eigenvalue weighted by Gasteiger charge is -2.57. The molecule has 2 aromatic carbocycles. The van der Waals surface area contributed by atoms with Crippen LogP contribution in [-0.2, 0) is 4.79 Å². The predicted octanol–water partition coefficient (Wildman–Crippen LogP) is 4.76. The van der Waals surface area contributed by atoms with E-state index in [9.17, 15) is 14.4 Å². The summed E-state index contributed by atoms with van der Waals surface area (Å²) in [5.74, 6) is -1.03. The minimum absolute atomic E-state index is 0.00851. The normalized spacial score (nSPS) is 32.3. The van der Waals surface area contributed by atoms with Crippen molar-refractivity contribution < 1.29 is 14.4 Å². The van der Waals surface area contributed by atoms with Crippen molar-refractivity contribution in [1.29, 1.82) is 0 Å². The molecule has 0 saturated heterocycles. The van der Waals surface area contributed by atoms with Gasteiger partial charge in [0.1, 0.15) is 5.78 Å². The van der Waals surface area contributed by atoms with E-state index in [-0.39, 0.29) is 17.3 Å². The van der Waals surface area contributed by atoms with Gasteiger partial charge in [-0.2, -0.15) is 0 Å². The summed E-state index contributed by atoms with van der Waals surface area (Å²) in [6, 6.07) is 18.3. The SMILES string of the molecule is C[C@@]12CC[C@@](C)(C(=O)C1)[C@@H](C(=O)c1ccccc1)[C@@H]2C(=O)c1ccccc1. The fourth-order valence-corrected chi connectivity index (χ4v) is 5.18. The Hall–Kier alpha value is -2.55. The second-order valence-corrected chi connectivity index (χ2v) is 8.59. The highest BCUT2D eigenvalue weighted by molar-refractivity contribution is 6.09. The number of Topliss-reactive ketones (excluding diaryl/α,β-unsaturated/α-hetero) is 3. The van der Waals surface area contributed by atoms with Gasteiger partial charge in [-0.1, -0.05) is 74.5 Å². The van der Waals surface area contributed by atoms with E-state index in [4.69, 9.17) is 0 Å². The van der Waals surface area contributed by atoms with Gasteiger partial charge in [-0.3, -0.25) is 14.4 Å². The molecule has 2 aromatic rings. The molecule has 0 heterocycles. The predicted molar refractivity (Wildman–Crippen MR) is 104 cm³/mol. The average Bonchev–Trinajstić information content (AvgIpc) is 2.69. The molecule has 0 spiro atoms. The fraction of sp³-hybridized carbons (Fsp3) is 0.375. The Morgan fingerprint density at radius 3 is 1.74 bits per heavy atom. The summed E-state index contributed by atoms with van der Waals surface area (Å²) in [5, 5.41) is 0. The molecule has 3 nitrogen and oxygen atoms in total. The average molecular weight is 360 g/mol. The molecule has 3 aliphatic rings. The molecule has 0 aliphatic heterocycles. The topological polar surface area (TPSA) is 51.2 Å². The molecule has 27 heavy (non-hydrogen) atoms. The van der Waals surface area contributed by atoms with Crippen molar-refractivity contribution in [2.45, 2.75) is 33.1 Å². The molecule has 0 unspecified atom stereocenters. The van der Waals surface area contributed by atoms with Crippen LogP contribution in [0.2, 0.25) is 0 Å². The number of hydrogen-bond acceptors (Lipinski definition) is 3. The first-order valence-corrected chi connectivity index (χ1v) is 9.59. The lowest BCUT2D eigenvalue weighted by atomic mass is 9.43. The Morgan fingerprint density at radius 2 is 1.26 bits per heavy atom. The molecular formula is C24H24O3. The fourth-order valence-electron chi connectivity index (χ4n) is 5.18. The third kappa shape index (κ3) is 2.68. The number of carbonyl (C=O) groups is 3. The second-order valence-electron chi connectivity index (χ2n) is 8.59. The zero-order valence-electron chi connectivity index (χ0n) is 15.8. The number of ketones is 3. The van der Waals surface area contributed by atoms with Crippen molar-refractivity contribution in [3.8, 4) is 0 Å². The van der Waals surface area contributed by atoms with Crippen LogP contribution in [0.25, 0.3) is 0 Å². The van der Waals surface area contributed by atoms with E-state index < -0.39 is 22.7 Å². The summed E-state index contributed by atoms with van der Waals surface area (Å²) in [6.45, 7) is 3.91. The van der Waals surface area contributed by atoms with Gasteiger partial charge in [0.15, 0.2) is 11.6 Å². The Bertz CT molecular complexity index is 902. The van der Waals surface area contributed by atoms with Crippen LogP contribution in [0, 0.1) is 22.7 Å². The van der Waals surface area contributed by atoms with Gasteiger partial charge in [-0.25, -0.2) is 0 Å². The van der Waals surface area contributed by atoms with E-state index in [1.807, 2.05) is 62.4 Å². The molecule has 3 saturated carbocycles. The molecular weight excluding hydrogens is 336 g/mol. The van der Waals surface area contributed by atoms with Gasteiger partial charge in [0, 0.05) is 34.8 Å². The summed E-state index contributed by atoms with van der Waals surface area (Å²) in [5.41, 5.74) is -0.0202. The molecule has 0 N–H and O–H groups in total. The van der Waals surface area contributed by atoms with E-state index >= 15 is 0 Å². The third-order valence-electron chi connectivity index (χ3n) is 6.87. The Morgan fingerprint density at radius 1 is 0.778 bits per heavy atom. The summed E-state index contributed by atoms with van der Waals surface area (Å²) < 4.78 is 0. The highest BCUT2D eigenvalue weighted by atomic mass is 16.1. The number of carbonyl (C=O) groups excluding carboxylic acids is 3. The first kappa shape index (κ1) is 17.8. The van der Waals surface area contributed by atoms with Gasteiger partial charge in [-0.15, -0.1) is 0 Å². The molecule has 4 atom stereocenters. The standard InChI is InChI=1S/C24H24O3/c1-23-13-14-24(2,18(25)15-23)20(22(27)17-11-7-4-8-12-17)19(23)21(26)16-9-5-3-6-10-16/h3-12,19-20H,13-15H2,1-2H3/t19-,20-,23-,24+/m1/s1. The van der Waals surface area contributed by atoms with Crippen LogP contribution in [0.1, 0.15) is 53.8 Å². The smallest absolute Gasteiger partial charge is 0.167 e. The molecule has 0 aromatic heterocycles. The van der Waals surface area contributed by atoms with Crippen LogP contribution < -0.4 is 0 Å². The summed E-state index contributed by atoms with van der Waals surface area (Å²) in [7, 11) is 0. The van der Waals surface area contributed by atoms with E-state index in [1.54, 1.807) is 12.1 Å². The number of fused-ring (bicyclic) bond motifs is 3. The maximum atomic E-state index is 13.5. The van der Waals surface area contributed by atoms with Crippen molar-refractivity contribution in [1.82, 2.24) is 0 Å². The summed E-state index contributed by atoms with van der Waals surface area (Å²) >= 11 is 0. The van der Waals surface area contributed by atoms with E-state index in [0.717, 1.165) is 6.42 Å². The van der Waals surface area contributed by atoms with Crippen LogP contribution >= 0.6 is 0 Å². The third-order valence-corrected chi connectivity index (χ3v) is 6.87. The molecule has 5 rings (SSSR count). The van der Waals surface area contributed by atoms with Crippen LogP contribution in [0.15, 0.2) is 60.7 Å². The zero-order valence-corrected chi connectivity index (χ0v) is 15.8. The molecule has 138 valence electrons. The van der Waals surface area contributed by atoms with Crippen LogP contribution in [0.5, 0.6) is 0 Å². The zero-order chi connectivity index (χ0) is 19.2. The van der Waals surface area contributed by atoms with Gasteiger partial charge in [0.2, 0.25) is 0 Å². The first-order valence-electron chi connectivity index (χ1n) is 9.59. The van der Waals surface area contributed by atoms with Gasteiger partial charge >= 0.3 is 0 Å². The van der Waals surface area contributed by atoms with Crippen molar-refractivity contribution >= 4 is 17.3 Å². The first-order chi connectivity index (χ1) is 12.9. The number of rotatable bonds is 4. The molecule has 0 radical (unpaired) electrons. The monoisotopic (exact) mass is 360 g/mol. The minimum atomic E-state index is -0.764. The van der Waals surface area contributed by atoms with Crippen molar-refractivity contribution in [2.24, 2.45) is 22.7 Å². The Balaban J connectivity index is 1.84. The van der Waals surface area contributed by atoms with Crippen LogP contribution in [0.4, 0.5) is 0 Å². The highest BCUT2D eigenvalue weighted by Crippen LogP contribution is 2.62. The van der Waals surface area contributed by atoms with Crippen LogP contribution in [0.3, 0.4) is 0 Å². The van der Waals surface area contributed by atoms with Gasteiger partial charge in [0.05, 0.1) is 0 Å². The van der Waals surface area contributed by atoms with Crippen molar-refractivity contribution in [3.05, 3.63) is 71.8 Å². The highest BCUT2D eigenvalue weighted by Gasteiger charge is 2.64. The minimum Gasteiger partial charge on any atom is -0.299 e. The molecule has 3 heteroatoms. The van der Waals surface area contributed by atoms with Crippen molar-refractivity contribution in [3.63, 3.8) is 0 Å². The molecule has 0 amide bonds. The number of benzene rings is 2. The molecule has 3 fully saturated rings. The summed E-state index contributed by atoms with van der Waals surface area (Å²) in [4.78, 5) is 40.0. The largest absolute Gasteiger partial charge is 0.299 e. The van der Waals surface area contributed by atoms with E-state index in [2.05, 4.69) is 0 Å². The molecule has 2 bridgehead atoms. The van der Waals surface area contributed by atoms with Crippen molar-refractivity contribution in [2.75, 3.05) is 0 Å². The van der Waals surface area contributed by atoms with Gasteiger partial charge in [-0.05, 0) is 18.3 Å². The maximum absolute atomic E-state index is 13.5. The van der Waals surface area contributed by atoms with Crippen LogP contribution in [-0.4, -0.2) is 17.3 Å². The van der Waals surface area contributed by atoms with Gasteiger partial charge < -0.3 is 0 Å². The number of hydrogen-bond donors (Lipinski definition) is 0. The summed E-state index contributed by atoms with van der Waals surface area (Å²) in [6.07, 6.45) is 1.85. The van der Waals surface area contributed by atoms with E-state index in [0.29, 0.717) is 24.0 Å². The second kappa shape index (κ2) is 6.26. The Labute approximate surface area is 159 Å². The lowest BCUT2D eigenvalue weighted by molar-refractivity contribution is -0.151. The quantitative estimate of drug-likeness (QED) is 0.739. The lowest BCUT2D eigenvalue weighted by Crippen LogP contribution is -2.61. The van der Waals surface area contributed by atoms with Gasteiger partial charge in [0.25, 0.3) is 0 Å². The Kier molecular flexibility index (Phi) is 4.14.